The minimum atomic E-state index is -0.818. The van der Waals surface area contributed by atoms with Gasteiger partial charge in [0, 0.05) is 5.56 Å². The third-order valence-electron chi connectivity index (χ3n) is 2.83. The number of hydrogen-bond acceptors (Lipinski definition) is 5. The molecule has 86 valence electrons. The Balaban J connectivity index is 1.99. The second-order valence-corrected chi connectivity index (χ2v) is 3.72. The summed E-state index contributed by atoms with van der Waals surface area (Å²) in [5.74, 6) is 0.638. The zero-order valence-electron chi connectivity index (χ0n) is 8.77. The Morgan fingerprint density at radius 3 is 2.62 bits per heavy atom. The largest absolute Gasteiger partial charge is 0.454 e. The molecule has 0 unspecified atom stereocenters. The first-order valence-electron chi connectivity index (χ1n) is 5.22. The van der Waals surface area contributed by atoms with Crippen LogP contribution < -0.4 is 15.2 Å². The molecule has 16 heavy (non-hydrogen) atoms. The molecule has 1 aromatic carbocycles. The maximum Gasteiger partial charge on any atom is 0.231 e. The van der Waals surface area contributed by atoms with Gasteiger partial charge in [-0.05, 0) is 18.2 Å². The van der Waals surface area contributed by atoms with Gasteiger partial charge in [-0.25, -0.2) is 0 Å². The van der Waals surface area contributed by atoms with Crippen molar-refractivity contribution in [1.82, 2.24) is 0 Å². The van der Waals surface area contributed by atoms with E-state index in [9.17, 15) is 0 Å². The number of nitrogens with two attached hydrogens (primary N) is 1. The second kappa shape index (κ2) is 3.62. The van der Waals surface area contributed by atoms with E-state index < -0.39 is 5.79 Å². The third-order valence-corrected chi connectivity index (χ3v) is 2.83. The van der Waals surface area contributed by atoms with Crippen molar-refractivity contribution in [3.63, 3.8) is 0 Å². The molecule has 0 atom stereocenters. The van der Waals surface area contributed by atoms with Gasteiger partial charge in [0.05, 0.1) is 19.8 Å². The highest BCUT2D eigenvalue weighted by molar-refractivity contribution is 5.45. The lowest BCUT2D eigenvalue weighted by atomic mass is 10.1. The van der Waals surface area contributed by atoms with Gasteiger partial charge in [0.1, 0.15) is 0 Å². The maximum atomic E-state index is 5.72. The number of ether oxygens (including phenoxy) is 4. The van der Waals surface area contributed by atoms with Gasteiger partial charge in [-0.15, -0.1) is 0 Å². The van der Waals surface area contributed by atoms with Crippen LogP contribution in [0.2, 0.25) is 0 Å². The van der Waals surface area contributed by atoms with Crippen LogP contribution in [0.3, 0.4) is 0 Å². The van der Waals surface area contributed by atoms with Gasteiger partial charge in [-0.2, -0.15) is 0 Å². The molecular weight excluding hydrogens is 210 g/mol. The monoisotopic (exact) mass is 223 g/mol. The van der Waals surface area contributed by atoms with E-state index in [0.717, 1.165) is 11.3 Å². The van der Waals surface area contributed by atoms with Gasteiger partial charge in [0.25, 0.3) is 0 Å². The Hall–Kier alpha value is -1.30. The van der Waals surface area contributed by atoms with E-state index in [1.807, 2.05) is 18.2 Å². The Morgan fingerprint density at radius 1 is 1.12 bits per heavy atom. The summed E-state index contributed by atoms with van der Waals surface area (Å²) in [4.78, 5) is 0. The fourth-order valence-electron chi connectivity index (χ4n) is 1.99. The first kappa shape index (κ1) is 9.89. The van der Waals surface area contributed by atoms with Crippen LogP contribution >= 0.6 is 0 Å². The maximum absolute atomic E-state index is 5.72. The summed E-state index contributed by atoms with van der Waals surface area (Å²) in [7, 11) is 0. The standard InChI is InChI=1S/C11H13NO4/c12-6-11(15-3-4-16-11)8-1-2-9-10(5-8)14-7-13-9/h1-2,5H,3-4,6-7,12H2. The summed E-state index contributed by atoms with van der Waals surface area (Å²) in [6.45, 7) is 1.67. The summed E-state index contributed by atoms with van der Waals surface area (Å²) in [5, 5.41) is 0. The van der Waals surface area contributed by atoms with Crippen LogP contribution in [0.5, 0.6) is 11.5 Å². The average Bonchev–Trinajstić information content (AvgIpc) is 2.97. The molecule has 0 bridgehead atoms. The van der Waals surface area contributed by atoms with Crippen molar-refractivity contribution in [3.8, 4) is 11.5 Å². The van der Waals surface area contributed by atoms with Crippen molar-refractivity contribution >= 4 is 0 Å². The molecule has 0 aliphatic carbocycles. The fourth-order valence-corrected chi connectivity index (χ4v) is 1.99. The molecule has 5 heteroatoms. The highest BCUT2D eigenvalue weighted by Gasteiger charge is 2.38. The van der Waals surface area contributed by atoms with Gasteiger partial charge in [-0.1, -0.05) is 0 Å². The van der Waals surface area contributed by atoms with E-state index in [1.54, 1.807) is 0 Å². The second-order valence-electron chi connectivity index (χ2n) is 3.72. The minimum absolute atomic E-state index is 0.260. The smallest absolute Gasteiger partial charge is 0.231 e. The topological polar surface area (TPSA) is 62.9 Å². The summed E-state index contributed by atoms with van der Waals surface area (Å²) < 4.78 is 21.7. The third kappa shape index (κ3) is 1.36. The van der Waals surface area contributed by atoms with Crippen LogP contribution in [0.4, 0.5) is 0 Å². The Kier molecular flexibility index (Phi) is 2.24. The highest BCUT2D eigenvalue weighted by atomic mass is 16.7. The van der Waals surface area contributed by atoms with Crippen LogP contribution in [0, 0.1) is 0 Å². The number of hydrogen-bond donors (Lipinski definition) is 1. The number of rotatable bonds is 2. The summed E-state index contributed by atoms with van der Waals surface area (Å²) in [6.07, 6.45) is 0. The predicted octanol–water partition coefficient (Wildman–Crippen LogP) is 0.574. The molecule has 0 saturated carbocycles. The lowest BCUT2D eigenvalue weighted by Gasteiger charge is -2.26. The lowest BCUT2D eigenvalue weighted by molar-refractivity contribution is -0.157. The minimum Gasteiger partial charge on any atom is -0.454 e. The molecular formula is C11H13NO4. The van der Waals surface area contributed by atoms with E-state index in [0.29, 0.717) is 19.0 Å². The van der Waals surface area contributed by atoms with Crippen LogP contribution in [0.1, 0.15) is 5.56 Å². The summed E-state index contributed by atoms with van der Waals surface area (Å²) in [6, 6.07) is 5.60. The van der Waals surface area contributed by atoms with Crippen LogP contribution in [-0.4, -0.2) is 26.6 Å². The number of benzene rings is 1. The fraction of sp³-hybridized carbons (Fsp3) is 0.455. The molecule has 5 nitrogen and oxygen atoms in total. The first-order chi connectivity index (χ1) is 7.84. The summed E-state index contributed by atoms with van der Waals surface area (Å²) >= 11 is 0. The summed E-state index contributed by atoms with van der Waals surface area (Å²) in [5.41, 5.74) is 6.60. The molecule has 2 aliphatic heterocycles. The van der Waals surface area contributed by atoms with E-state index in [1.165, 1.54) is 0 Å². The Morgan fingerprint density at radius 2 is 1.88 bits per heavy atom. The van der Waals surface area contributed by atoms with Crippen LogP contribution in [0.25, 0.3) is 0 Å². The molecule has 3 rings (SSSR count). The molecule has 1 aromatic rings. The molecule has 1 fully saturated rings. The van der Waals surface area contributed by atoms with Crippen molar-refractivity contribution < 1.29 is 18.9 Å². The van der Waals surface area contributed by atoms with E-state index in [4.69, 9.17) is 24.7 Å². The van der Waals surface area contributed by atoms with Crippen molar-refractivity contribution in [1.29, 1.82) is 0 Å². The molecule has 2 N–H and O–H groups in total. The van der Waals surface area contributed by atoms with Crippen molar-refractivity contribution in [2.75, 3.05) is 26.6 Å². The van der Waals surface area contributed by atoms with Crippen LogP contribution in [0.15, 0.2) is 18.2 Å². The van der Waals surface area contributed by atoms with Crippen LogP contribution in [-0.2, 0) is 15.3 Å². The quantitative estimate of drug-likeness (QED) is 0.794. The normalized spacial score (nSPS) is 21.3. The van der Waals surface area contributed by atoms with Gasteiger partial charge in [0.2, 0.25) is 12.6 Å². The van der Waals surface area contributed by atoms with Gasteiger partial charge < -0.3 is 24.7 Å². The first-order valence-corrected chi connectivity index (χ1v) is 5.22. The highest BCUT2D eigenvalue weighted by Crippen LogP contribution is 2.38. The molecule has 2 aliphatic rings. The molecule has 0 spiro atoms. The van der Waals surface area contributed by atoms with Crippen molar-refractivity contribution in [3.05, 3.63) is 23.8 Å². The molecule has 1 saturated heterocycles. The van der Waals surface area contributed by atoms with Gasteiger partial charge >= 0.3 is 0 Å². The van der Waals surface area contributed by atoms with Gasteiger partial charge in [0.15, 0.2) is 11.5 Å². The molecule has 0 amide bonds. The molecule has 2 heterocycles. The average molecular weight is 223 g/mol. The molecule has 0 aromatic heterocycles. The van der Waals surface area contributed by atoms with Crippen molar-refractivity contribution in [2.24, 2.45) is 5.73 Å². The van der Waals surface area contributed by atoms with E-state index in [2.05, 4.69) is 0 Å². The Labute approximate surface area is 93.0 Å². The zero-order valence-corrected chi connectivity index (χ0v) is 8.77. The van der Waals surface area contributed by atoms with Gasteiger partial charge in [-0.3, -0.25) is 0 Å². The van der Waals surface area contributed by atoms with E-state index in [-0.39, 0.29) is 13.3 Å². The zero-order chi connectivity index (χ0) is 11.0. The van der Waals surface area contributed by atoms with E-state index >= 15 is 0 Å². The molecule has 0 radical (unpaired) electrons. The Bertz CT molecular complexity index is 401. The van der Waals surface area contributed by atoms with Crippen molar-refractivity contribution in [2.45, 2.75) is 5.79 Å². The number of fused-ring (bicyclic) bond motifs is 1. The lowest BCUT2D eigenvalue weighted by Crippen LogP contribution is -2.36. The predicted molar refractivity (Wildman–Crippen MR) is 55.2 cm³/mol. The SMILES string of the molecule is NCC1(c2ccc3c(c2)OCO3)OCCO1.